The van der Waals surface area contributed by atoms with Crippen LogP contribution in [0.25, 0.3) is 0 Å². The number of halogens is 4. The highest BCUT2D eigenvalue weighted by Crippen LogP contribution is 2.31. The van der Waals surface area contributed by atoms with Gasteiger partial charge in [0.25, 0.3) is 5.91 Å². The summed E-state index contributed by atoms with van der Waals surface area (Å²) < 4.78 is 39.9. The van der Waals surface area contributed by atoms with Crippen molar-refractivity contribution in [2.45, 2.75) is 26.6 Å². The van der Waals surface area contributed by atoms with E-state index in [0.29, 0.717) is 6.54 Å². The van der Waals surface area contributed by atoms with Gasteiger partial charge in [0.15, 0.2) is 0 Å². The Morgan fingerprint density at radius 3 is 2.61 bits per heavy atom. The van der Waals surface area contributed by atoms with Gasteiger partial charge in [-0.3, -0.25) is 4.79 Å². The number of rotatable bonds is 4. The molecule has 23 heavy (non-hydrogen) atoms. The van der Waals surface area contributed by atoms with Gasteiger partial charge in [-0.25, -0.2) is 4.98 Å². The SMILES string of the molecule is Cc1ncn(CCNC(=O)c2cc(C(F)(F)F)ccc2Cl)c1C. The highest BCUT2D eigenvalue weighted by molar-refractivity contribution is 6.33. The Labute approximate surface area is 136 Å². The molecule has 1 aromatic heterocycles. The molecule has 4 nitrogen and oxygen atoms in total. The van der Waals surface area contributed by atoms with Gasteiger partial charge < -0.3 is 9.88 Å². The predicted octanol–water partition coefficient (Wildman–Crippen LogP) is 3.60. The first-order valence-electron chi connectivity index (χ1n) is 6.83. The molecule has 0 saturated heterocycles. The summed E-state index contributed by atoms with van der Waals surface area (Å²) in [5.41, 5.74) is 0.752. The molecule has 1 aromatic carbocycles. The van der Waals surface area contributed by atoms with Crippen molar-refractivity contribution >= 4 is 17.5 Å². The lowest BCUT2D eigenvalue weighted by Gasteiger charge is -2.11. The molecule has 0 bridgehead atoms. The summed E-state index contributed by atoms with van der Waals surface area (Å²) in [5, 5.41) is 2.54. The second kappa shape index (κ2) is 6.62. The van der Waals surface area contributed by atoms with E-state index in [0.717, 1.165) is 29.6 Å². The van der Waals surface area contributed by atoms with Crippen molar-refractivity contribution in [3.63, 3.8) is 0 Å². The first kappa shape index (κ1) is 17.3. The summed E-state index contributed by atoms with van der Waals surface area (Å²) >= 11 is 5.82. The number of carbonyl (C=O) groups is 1. The van der Waals surface area contributed by atoms with E-state index in [1.165, 1.54) is 0 Å². The zero-order chi connectivity index (χ0) is 17.2. The lowest BCUT2D eigenvalue weighted by atomic mass is 10.1. The average molecular weight is 346 g/mol. The molecular formula is C15H15ClF3N3O. The molecular weight excluding hydrogens is 331 g/mol. The topological polar surface area (TPSA) is 46.9 Å². The molecule has 0 aliphatic carbocycles. The van der Waals surface area contributed by atoms with Crippen molar-refractivity contribution in [1.29, 1.82) is 0 Å². The fraction of sp³-hybridized carbons (Fsp3) is 0.333. The van der Waals surface area contributed by atoms with E-state index in [1.807, 2.05) is 18.4 Å². The number of hydrogen-bond donors (Lipinski definition) is 1. The molecule has 124 valence electrons. The number of aryl methyl sites for hydroxylation is 1. The number of aromatic nitrogens is 2. The molecule has 0 unspecified atom stereocenters. The summed E-state index contributed by atoms with van der Waals surface area (Å²) in [7, 11) is 0. The second-order valence-electron chi connectivity index (χ2n) is 5.06. The molecule has 0 fully saturated rings. The summed E-state index contributed by atoms with van der Waals surface area (Å²) in [6.45, 7) is 4.48. The van der Waals surface area contributed by atoms with Crippen LogP contribution in [0.4, 0.5) is 13.2 Å². The van der Waals surface area contributed by atoms with Gasteiger partial charge in [0.05, 0.1) is 28.2 Å². The third-order valence-corrected chi connectivity index (χ3v) is 3.85. The Balaban J connectivity index is 2.04. The van der Waals surface area contributed by atoms with Crippen molar-refractivity contribution in [2.75, 3.05) is 6.54 Å². The average Bonchev–Trinajstić information content (AvgIpc) is 2.78. The van der Waals surface area contributed by atoms with E-state index < -0.39 is 17.6 Å². The van der Waals surface area contributed by atoms with E-state index in [1.54, 1.807) is 6.33 Å². The van der Waals surface area contributed by atoms with Crippen molar-refractivity contribution in [2.24, 2.45) is 0 Å². The zero-order valence-electron chi connectivity index (χ0n) is 12.5. The largest absolute Gasteiger partial charge is 0.416 e. The molecule has 2 aromatic rings. The lowest BCUT2D eigenvalue weighted by Crippen LogP contribution is -2.28. The zero-order valence-corrected chi connectivity index (χ0v) is 13.3. The highest BCUT2D eigenvalue weighted by atomic mass is 35.5. The molecule has 1 amide bonds. The van der Waals surface area contributed by atoms with Crippen molar-refractivity contribution in [1.82, 2.24) is 14.9 Å². The number of nitrogens with one attached hydrogen (secondary N) is 1. The van der Waals surface area contributed by atoms with E-state index in [2.05, 4.69) is 10.3 Å². The van der Waals surface area contributed by atoms with Crippen LogP contribution in [0.15, 0.2) is 24.5 Å². The van der Waals surface area contributed by atoms with Crippen molar-refractivity contribution in [3.8, 4) is 0 Å². The van der Waals surface area contributed by atoms with E-state index in [-0.39, 0.29) is 17.1 Å². The monoisotopic (exact) mass is 345 g/mol. The van der Waals surface area contributed by atoms with Gasteiger partial charge >= 0.3 is 6.18 Å². The minimum Gasteiger partial charge on any atom is -0.350 e. The normalized spacial score (nSPS) is 11.6. The maximum Gasteiger partial charge on any atom is 0.416 e. The third kappa shape index (κ3) is 4.04. The summed E-state index contributed by atoms with van der Waals surface area (Å²) in [5.74, 6) is -0.643. The van der Waals surface area contributed by atoms with Gasteiger partial charge in [-0.2, -0.15) is 13.2 Å². The van der Waals surface area contributed by atoms with Crippen molar-refractivity contribution in [3.05, 3.63) is 52.1 Å². The minimum absolute atomic E-state index is 0.0230. The number of alkyl halides is 3. The molecule has 1 heterocycles. The number of carbonyl (C=O) groups excluding carboxylic acids is 1. The summed E-state index contributed by atoms with van der Waals surface area (Å²) in [4.78, 5) is 16.2. The van der Waals surface area contributed by atoms with Gasteiger partial charge in [-0.15, -0.1) is 0 Å². The molecule has 8 heteroatoms. The van der Waals surface area contributed by atoms with Gasteiger partial charge in [-0.1, -0.05) is 11.6 Å². The Kier molecular flexibility index (Phi) is 4.99. The third-order valence-electron chi connectivity index (χ3n) is 3.52. The Hall–Kier alpha value is -2.02. The first-order valence-corrected chi connectivity index (χ1v) is 7.21. The standard InChI is InChI=1S/C15H15ClF3N3O/c1-9-10(2)22(8-21-9)6-5-20-14(23)12-7-11(15(17,18)19)3-4-13(12)16/h3-4,7-8H,5-6H2,1-2H3,(H,20,23). The smallest absolute Gasteiger partial charge is 0.350 e. The number of imidazole rings is 1. The number of hydrogen-bond acceptors (Lipinski definition) is 2. The van der Waals surface area contributed by atoms with Crippen LogP contribution in [-0.2, 0) is 12.7 Å². The van der Waals surface area contributed by atoms with Crippen LogP contribution in [0.1, 0.15) is 27.3 Å². The van der Waals surface area contributed by atoms with Gasteiger partial charge in [0.2, 0.25) is 0 Å². The van der Waals surface area contributed by atoms with Crippen molar-refractivity contribution < 1.29 is 18.0 Å². The summed E-state index contributed by atoms with van der Waals surface area (Å²) in [6, 6.07) is 2.67. The molecule has 0 spiro atoms. The molecule has 2 rings (SSSR count). The lowest BCUT2D eigenvalue weighted by molar-refractivity contribution is -0.137. The van der Waals surface area contributed by atoms with E-state index in [4.69, 9.17) is 11.6 Å². The van der Waals surface area contributed by atoms with Crippen LogP contribution in [0.5, 0.6) is 0 Å². The maximum atomic E-state index is 12.7. The van der Waals surface area contributed by atoms with Crippen LogP contribution < -0.4 is 5.32 Å². The molecule has 1 N–H and O–H groups in total. The van der Waals surface area contributed by atoms with Gasteiger partial charge in [0, 0.05) is 18.8 Å². The van der Waals surface area contributed by atoms with Crippen LogP contribution in [0, 0.1) is 13.8 Å². The Bertz CT molecular complexity index is 725. The fourth-order valence-corrected chi connectivity index (χ4v) is 2.23. The van der Waals surface area contributed by atoms with Crippen LogP contribution in [0.2, 0.25) is 5.02 Å². The number of nitrogens with zero attached hydrogens (tertiary/aromatic N) is 2. The molecule has 0 radical (unpaired) electrons. The number of benzene rings is 1. The maximum absolute atomic E-state index is 12.7. The molecule has 0 atom stereocenters. The molecule has 0 aliphatic rings. The predicted molar refractivity (Wildman–Crippen MR) is 80.5 cm³/mol. The Morgan fingerprint density at radius 2 is 2.04 bits per heavy atom. The first-order chi connectivity index (χ1) is 10.7. The van der Waals surface area contributed by atoms with Crippen LogP contribution in [0.3, 0.4) is 0 Å². The summed E-state index contributed by atoms with van der Waals surface area (Å²) in [6.07, 6.45) is -2.88. The molecule has 0 saturated carbocycles. The number of amides is 1. The molecule has 0 aliphatic heterocycles. The van der Waals surface area contributed by atoms with Crippen LogP contribution >= 0.6 is 11.6 Å². The van der Waals surface area contributed by atoms with E-state index >= 15 is 0 Å². The minimum atomic E-state index is -4.52. The quantitative estimate of drug-likeness (QED) is 0.920. The van der Waals surface area contributed by atoms with Crippen LogP contribution in [-0.4, -0.2) is 22.0 Å². The highest BCUT2D eigenvalue weighted by Gasteiger charge is 2.31. The van der Waals surface area contributed by atoms with Gasteiger partial charge in [-0.05, 0) is 32.0 Å². The Morgan fingerprint density at radius 1 is 1.35 bits per heavy atom. The van der Waals surface area contributed by atoms with E-state index in [9.17, 15) is 18.0 Å². The fourth-order valence-electron chi connectivity index (χ4n) is 2.03. The second-order valence-corrected chi connectivity index (χ2v) is 5.46. The van der Waals surface area contributed by atoms with Gasteiger partial charge in [0.1, 0.15) is 0 Å².